The van der Waals surface area contributed by atoms with Crippen molar-refractivity contribution in [3.05, 3.63) is 72.8 Å². The van der Waals surface area contributed by atoms with E-state index in [0.29, 0.717) is 0 Å². The Morgan fingerprint density at radius 3 is 2.29 bits per heavy atom. The zero-order chi connectivity index (χ0) is 11.4. The molecule has 0 atom stereocenters. The van der Waals surface area contributed by atoms with E-state index < -0.39 is 0 Å². The minimum atomic E-state index is 0. The van der Waals surface area contributed by atoms with Gasteiger partial charge >= 0.3 is 29.6 Å². The minimum absolute atomic E-state index is 0. The molecule has 0 saturated heterocycles. The third-order valence-electron chi connectivity index (χ3n) is 2.85. The maximum absolute atomic E-state index is 3.84. The van der Waals surface area contributed by atoms with Gasteiger partial charge in [0.1, 0.15) is 0 Å². The van der Waals surface area contributed by atoms with Crippen LogP contribution in [0.15, 0.2) is 61.7 Å². The van der Waals surface area contributed by atoms with Gasteiger partial charge in [-0.1, -0.05) is 48.6 Å². The maximum atomic E-state index is 3.84. The molecule has 17 heavy (non-hydrogen) atoms. The molecule has 0 fully saturated rings. The molecule has 0 heterocycles. The van der Waals surface area contributed by atoms with Crippen LogP contribution >= 0.6 is 0 Å². The summed E-state index contributed by atoms with van der Waals surface area (Å²) in [5.74, 6) is 0. The van der Waals surface area contributed by atoms with Crippen LogP contribution in [-0.4, -0.2) is 29.6 Å². The van der Waals surface area contributed by atoms with Crippen molar-refractivity contribution in [1.29, 1.82) is 0 Å². The molecular weight excluding hydrogens is 215 g/mol. The van der Waals surface area contributed by atoms with Crippen LogP contribution in [0.2, 0.25) is 0 Å². The van der Waals surface area contributed by atoms with Crippen LogP contribution in [0, 0.1) is 0 Å². The Bertz CT molecular complexity index is 526. The second kappa shape index (κ2) is 6.80. The summed E-state index contributed by atoms with van der Waals surface area (Å²) in [6.45, 7) is 7.65. The molecule has 0 aliphatic heterocycles. The Kier molecular flexibility index (Phi) is 5.70. The zero-order valence-corrected chi connectivity index (χ0v) is 9.45. The fourth-order valence-electron chi connectivity index (χ4n) is 2.11. The first-order valence-corrected chi connectivity index (χ1v) is 5.58. The van der Waals surface area contributed by atoms with Gasteiger partial charge in [-0.3, -0.25) is 0 Å². The molecule has 0 aliphatic carbocycles. The molecule has 0 radical (unpaired) electrons. The molecular formula is C16H17Na. The van der Waals surface area contributed by atoms with E-state index in [1.54, 1.807) is 0 Å². The number of hydrogen-bond donors (Lipinski definition) is 0. The Morgan fingerprint density at radius 1 is 0.882 bits per heavy atom. The van der Waals surface area contributed by atoms with Gasteiger partial charge in [-0.2, -0.15) is 0 Å². The topological polar surface area (TPSA) is 0 Å². The number of rotatable bonds is 4. The van der Waals surface area contributed by atoms with Gasteiger partial charge in [-0.25, -0.2) is 0 Å². The van der Waals surface area contributed by atoms with E-state index in [-0.39, 0.29) is 29.6 Å². The average molecular weight is 232 g/mol. The van der Waals surface area contributed by atoms with E-state index in [4.69, 9.17) is 0 Å². The van der Waals surface area contributed by atoms with E-state index in [0.717, 1.165) is 12.8 Å². The predicted molar refractivity (Wildman–Crippen MR) is 78.9 cm³/mol. The summed E-state index contributed by atoms with van der Waals surface area (Å²) in [6.07, 6.45) is 5.77. The van der Waals surface area contributed by atoms with Crippen molar-refractivity contribution in [1.82, 2.24) is 0 Å². The van der Waals surface area contributed by atoms with Gasteiger partial charge in [0.15, 0.2) is 0 Å². The van der Waals surface area contributed by atoms with Crippen LogP contribution in [0.25, 0.3) is 10.8 Å². The van der Waals surface area contributed by atoms with Crippen LogP contribution in [0.1, 0.15) is 11.1 Å². The van der Waals surface area contributed by atoms with Crippen molar-refractivity contribution in [3.63, 3.8) is 0 Å². The van der Waals surface area contributed by atoms with Gasteiger partial charge in [-0.05, 0) is 34.7 Å². The molecule has 0 aliphatic rings. The Morgan fingerprint density at radius 2 is 1.59 bits per heavy atom. The fourth-order valence-corrected chi connectivity index (χ4v) is 2.11. The van der Waals surface area contributed by atoms with Gasteiger partial charge in [-0.15, -0.1) is 13.2 Å². The summed E-state index contributed by atoms with van der Waals surface area (Å²) >= 11 is 0. The van der Waals surface area contributed by atoms with Crippen LogP contribution in [0.3, 0.4) is 0 Å². The first-order chi connectivity index (χ1) is 7.86. The van der Waals surface area contributed by atoms with Gasteiger partial charge in [0.2, 0.25) is 0 Å². The van der Waals surface area contributed by atoms with Crippen molar-refractivity contribution >= 4 is 40.3 Å². The van der Waals surface area contributed by atoms with Crippen molar-refractivity contribution < 1.29 is 0 Å². The van der Waals surface area contributed by atoms with Crippen LogP contribution < -0.4 is 0 Å². The number of allylic oxidation sites excluding steroid dienone is 2. The first kappa shape index (κ1) is 14.2. The molecule has 2 aromatic carbocycles. The van der Waals surface area contributed by atoms with Gasteiger partial charge in [0.05, 0.1) is 0 Å². The summed E-state index contributed by atoms with van der Waals surface area (Å²) in [6, 6.07) is 12.9. The van der Waals surface area contributed by atoms with E-state index in [9.17, 15) is 0 Å². The molecule has 0 nitrogen and oxygen atoms in total. The molecule has 0 unspecified atom stereocenters. The van der Waals surface area contributed by atoms with E-state index in [1.807, 2.05) is 12.2 Å². The molecule has 2 rings (SSSR count). The van der Waals surface area contributed by atoms with Gasteiger partial charge in [0, 0.05) is 0 Å². The monoisotopic (exact) mass is 232 g/mol. The molecule has 0 spiro atoms. The quantitative estimate of drug-likeness (QED) is 0.557. The van der Waals surface area contributed by atoms with Crippen LogP contribution in [-0.2, 0) is 12.8 Å². The number of benzene rings is 2. The van der Waals surface area contributed by atoms with Crippen molar-refractivity contribution in [2.24, 2.45) is 0 Å². The molecule has 2 aromatic rings. The second-order valence-electron chi connectivity index (χ2n) is 3.91. The van der Waals surface area contributed by atoms with Crippen molar-refractivity contribution in [2.45, 2.75) is 12.8 Å². The molecule has 0 aromatic heterocycles. The SMILES string of the molecule is C=CCc1ccc2ccccc2c1CC=C.[NaH]. The summed E-state index contributed by atoms with van der Waals surface area (Å²) in [4.78, 5) is 0. The Labute approximate surface area is 125 Å². The Balaban J connectivity index is 0.00000144. The summed E-state index contributed by atoms with van der Waals surface area (Å²) in [7, 11) is 0. The fraction of sp³-hybridized carbons (Fsp3) is 0.125. The first-order valence-electron chi connectivity index (χ1n) is 5.58. The van der Waals surface area contributed by atoms with Crippen LogP contribution in [0.5, 0.6) is 0 Å². The number of hydrogen-bond acceptors (Lipinski definition) is 0. The third-order valence-corrected chi connectivity index (χ3v) is 2.85. The number of fused-ring (bicyclic) bond motifs is 1. The average Bonchev–Trinajstić information content (AvgIpc) is 2.32. The third kappa shape index (κ3) is 3.10. The predicted octanol–water partition coefficient (Wildman–Crippen LogP) is 3.65. The molecule has 0 amide bonds. The standard InChI is InChI=1S/C16H16.Na.H/c1-3-7-13-11-12-14-9-5-6-10-16(14)15(13)8-4-2;;/h3-6,9-12H,1-2,7-8H2;;. The molecule has 0 saturated carbocycles. The summed E-state index contributed by atoms with van der Waals surface area (Å²) in [5.41, 5.74) is 2.74. The summed E-state index contributed by atoms with van der Waals surface area (Å²) in [5, 5.41) is 2.63. The van der Waals surface area contributed by atoms with Gasteiger partial charge in [0.25, 0.3) is 0 Å². The molecule has 82 valence electrons. The molecule has 0 bridgehead atoms. The van der Waals surface area contributed by atoms with Crippen LogP contribution in [0.4, 0.5) is 0 Å². The van der Waals surface area contributed by atoms with Crippen molar-refractivity contribution in [3.8, 4) is 0 Å². The molecule has 1 heteroatoms. The van der Waals surface area contributed by atoms with E-state index >= 15 is 0 Å². The summed E-state index contributed by atoms with van der Waals surface area (Å²) < 4.78 is 0. The van der Waals surface area contributed by atoms with E-state index in [1.165, 1.54) is 21.9 Å². The van der Waals surface area contributed by atoms with Gasteiger partial charge < -0.3 is 0 Å². The van der Waals surface area contributed by atoms with E-state index in [2.05, 4.69) is 49.6 Å². The second-order valence-corrected chi connectivity index (χ2v) is 3.91. The molecule has 0 N–H and O–H groups in total. The van der Waals surface area contributed by atoms with Crippen molar-refractivity contribution in [2.75, 3.05) is 0 Å². The Hall–Kier alpha value is -0.820. The zero-order valence-electron chi connectivity index (χ0n) is 9.45. The normalized spacial score (nSPS) is 9.65.